The summed E-state index contributed by atoms with van der Waals surface area (Å²) in [5, 5.41) is 3.07. The molecule has 0 bridgehead atoms. The van der Waals surface area contributed by atoms with Crippen molar-refractivity contribution in [3.05, 3.63) is 46.3 Å². The molecular weight excluding hydrogens is 299 g/mol. The first-order valence-electron chi connectivity index (χ1n) is 5.25. The largest absolute Gasteiger partial charge is 0.472 e. The van der Waals surface area contributed by atoms with Crippen molar-refractivity contribution in [2.24, 2.45) is 0 Å². The van der Waals surface area contributed by atoms with E-state index < -0.39 is 6.61 Å². The lowest BCUT2D eigenvalue weighted by molar-refractivity contribution is -0.0497. The fourth-order valence-corrected chi connectivity index (χ4v) is 2.04. The van der Waals surface area contributed by atoms with Crippen LogP contribution in [0.25, 0.3) is 0 Å². The van der Waals surface area contributed by atoms with Crippen molar-refractivity contribution in [2.75, 3.05) is 5.32 Å². The minimum Gasteiger partial charge on any atom is -0.472 e. The average Bonchev–Trinajstić information content (AvgIpc) is 2.84. The van der Waals surface area contributed by atoms with Crippen LogP contribution in [0.4, 0.5) is 14.5 Å². The molecule has 19 heavy (non-hydrogen) atoms. The molecule has 1 aromatic heterocycles. The van der Waals surface area contributed by atoms with Crippen LogP contribution in [0.5, 0.6) is 5.75 Å². The lowest BCUT2D eigenvalue weighted by atomic mass is 10.2. The summed E-state index contributed by atoms with van der Waals surface area (Å²) >= 11 is 11.7. The van der Waals surface area contributed by atoms with Gasteiger partial charge in [0.05, 0.1) is 22.6 Å². The quantitative estimate of drug-likeness (QED) is 0.861. The molecule has 0 aliphatic carbocycles. The first kappa shape index (κ1) is 14.0. The molecular formula is C12H9Cl2F2NO2. The van der Waals surface area contributed by atoms with Crippen molar-refractivity contribution in [1.82, 2.24) is 0 Å². The Kier molecular flexibility index (Phi) is 4.50. The van der Waals surface area contributed by atoms with Gasteiger partial charge in [0.15, 0.2) is 5.75 Å². The van der Waals surface area contributed by atoms with Crippen LogP contribution in [-0.4, -0.2) is 6.61 Å². The van der Waals surface area contributed by atoms with Crippen LogP contribution in [0.2, 0.25) is 10.0 Å². The highest BCUT2D eigenvalue weighted by Gasteiger charge is 2.14. The van der Waals surface area contributed by atoms with Crippen LogP contribution >= 0.6 is 23.2 Å². The number of nitrogens with one attached hydrogen (secondary N) is 1. The minimum atomic E-state index is -2.97. The summed E-state index contributed by atoms with van der Waals surface area (Å²) in [6.45, 7) is -2.47. The van der Waals surface area contributed by atoms with Gasteiger partial charge in [0.1, 0.15) is 0 Å². The van der Waals surface area contributed by atoms with E-state index in [9.17, 15) is 8.78 Å². The van der Waals surface area contributed by atoms with Crippen LogP contribution in [0.1, 0.15) is 5.56 Å². The molecule has 1 N–H and O–H groups in total. The third-order valence-electron chi connectivity index (χ3n) is 2.28. The molecule has 0 saturated carbocycles. The van der Waals surface area contributed by atoms with Crippen molar-refractivity contribution < 1.29 is 17.9 Å². The summed E-state index contributed by atoms with van der Waals surface area (Å²) in [6.07, 6.45) is 3.14. The molecule has 0 spiro atoms. The molecule has 3 nitrogen and oxygen atoms in total. The monoisotopic (exact) mass is 307 g/mol. The highest BCUT2D eigenvalue weighted by atomic mass is 35.5. The molecule has 1 heterocycles. The van der Waals surface area contributed by atoms with E-state index in [4.69, 9.17) is 27.6 Å². The number of furan rings is 1. The number of rotatable bonds is 5. The molecule has 0 amide bonds. The molecule has 7 heteroatoms. The van der Waals surface area contributed by atoms with Gasteiger partial charge in [0, 0.05) is 17.8 Å². The number of halogens is 4. The van der Waals surface area contributed by atoms with Crippen LogP contribution in [0, 0.1) is 0 Å². The van der Waals surface area contributed by atoms with Gasteiger partial charge in [-0.1, -0.05) is 23.2 Å². The second-order valence-corrected chi connectivity index (χ2v) is 4.45. The minimum absolute atomic E-state index is 0.0162. The molecule has 0 saturated heterocycles. The van der Waals surface area contributed by atoms with E-state index in [0.717, 1.165) is 5.56 Å². The summed E-state index contributed by atoms with van der Waals surface area (Å²) in [4.78, 5) is 0. The van der Waals surface area contributed by atoms with Gasteiger partial charge in [-0.05, 0) is 18.2 Å². The zero-order chi connectivity index (χ0) is 13.8. The Morgan fingerprint density at radius 3 is 2.47 bits per heavy atom. The molecule has 102 valence electrons. The van der Waals surface area contributed by atoms with Gasteiger partial charge in [-0.15, -0.1) is 0 Å². The maximum Gasteiger partial charge on any atom is 0.387 e. The Bertz CT molecular complexity index is 524. The molecule has 0 radical (unpaired) electrons. The number of ether oxygens (including phenoxy) is 1. The van der Waals surface area contributed by atoms with Gasteiger partial charge in [-0.2, -0.15) is 8.78 Å². The Labute approximate surface area is 118 Å². The number of benzene rings is 1. The van der Waals surface area contributed by atoms with E-state index in [1.54, 1.807) is 18.6 Å². The molecule has 1 aromatic carbocycles. The van der Waals surface area contributed by atoms with Gasteiger partial charge in [0.25, 0.3) is 0 Å². The van der Waals surface area contributed by atoms with Gasteiger partial charge in [-0.25, -0.2) is 0 Å². The predicted octanol–water partition coefficient (Wildman–Crippen LogP) is 4.80. The number of hydrogen-bond donors (Lipinski definition) is 1. The molecule has 0 aliphatic rings. The maximum absolute atomic E-state index is 12.1. The van der Waals surface area contributed by atoms with E-state index in [1.165, 1.54) is 12.1 Å². The van der Waals surface area contributed by atoms with Crippen molar-refractivity contribution in [3.63, 3.8) is 0 Å². The summed E-state index contributed by atoms with van der Waals surface area (Å²) in [7, 11) is 0. The highest BCUT2D eigenvalue weighted by Crippen LogP contribution is 2.37. The SMILES string of the molecule is FC(F)Oc1c(Cl)cc(NCc2ccoc2)cc1Cl. The standard InChI is InChI=1S/C12H9Cl2F2NO2/c13-9-3-8(17-5-7-1-2-18-6-7)4-10(14)11(9)19-12(15)16/h1-4,6,12,17H,5H2. The Morgan fingerprint density at radius 2 is 1.95 bits per heavy atom. The number of anilines is 1. The molecule has 0 atom stereocenters. The lowest BCUT2D eigenvalue weighted by Crippen LogP contribution is -2.04. The second kappa shape index (κ2) is 6.12. The van der Waals surface area contributed by atoms with Gasteiger partial charge in [-0.3, -0.25) is 0 Å². The average molecular weight is 308 g/mol. The Balaban J connectivity index is 2.10. The third-order valence-corrected chi connectivity index (χ3v) is 2.84. The summed E-state index contributed by atoms with van der Waals surface area (Å²) in [5.74, 6) is -0.229. The predicted molar refractivity (Wildman–Crippen MR) is 69.1 cm³/mol. The summed E-state index contributed by atoms with van der Waals surface area (Å²) < 4.78 is 33.5. The second-order valence-electron chi connectivity index (χ2n) is 3.63. The third kappa shape index (κ3) is 3.75. The molecule has 0 fully saturated rings. The fourth-order valence-electron chi connectivity index (χ4n) is 1.46. The first-order chi connectivity index (χ1) is 9.06. The van der Waals surface area contributed by atoms with Gasteiger partial charge in [0.2, 0.25) is 0 Å². The topological polar surface area (TPSA) is 34.4 Å². The zero-order valence-corrected chi connectivity index (χ0v) is 11.0. The van der Waals surface area contributed by atoms with Crippen molar-refractivity contribution >= 4 is 28.9 Å². The summed E-state index contributed by atoms with van der Waals surface area (Å²) in [6, 6.07) is 4.72. The van der Waals surface area contributed by atoms with Crippen LogP contribution < -0.4 is 10.1 Å². The van der Waals surface area contributed by atoms with Crippen LogP contribution in [0.15, 0.2) is 35.1 Å². The molecule has 0 unspecified atom stereocenters. The van der Waals surface area contributed by atoms with E-state index in [-0.39, 0.29) is 15.8 Å². The fraction of sp³-hybridized carbons (Fsp3) is 0.167. The number of hydrogen-bond acceptors (Lipinski definition) is 3. The molecule has 2 aromatic rings. The van der Waals surface area contributed by atoms with Crippen molar-refractivity contribution in [1.29, 1.82) is 0 Å². The Hall–Kier alpha value is -1.46. The smallest absolute Gasteiger partial charge is 0.387 e. The summed E-state index contributed by atoms with van der Waals surface area (Å²) in [5.41, 5.74) is 1.53. The highest BCUT2D eigenvalue weighted by molar-refractivity contribution is 6.37. The molecule has 0 aliphatic heterocycles. The normalized spacial score (nSPS) is 10.8. The van der Waals surface area contributed by atoms with Crippen molar-refractivity contribution in [2.45, 2.75) is 13.2 Å². The lowest BCUT2D eigenvalue weighted by Gasteiger charge is -2.11. The van der Waals surface area contributed by atoms with Crippen molar-refractivity contribution in [3.8, 4) is 5.75 Å². The van der Waals surface area contributed by atoms with Gasteiger partial charge < -0.3 is 14.5 Å². The zero-order valence-electron chi connectivity index (χ0n) is 9.50. The van der Waals surface area contributed by atoms with Crippen LogP contribution in [-0.2, 0) is 6.54 Å². The number of alkyl halides is 2. The van der Waals surface area contributed by atoms with E-state index in [2.05, 4.69) is 10.1 Å². The first-order valence-corrected chi connectivity index (χ1v) is 6.00. The Morgan fingerprint density at radius 1 is 1.26 bits per heavy atom. The molecule has 2 rings (SSSR count). The maximum atomic E-state index is 12.1. The van der Waals surface area contributed by atoms with E-state index in [0.29, 0.717) is 12.2 Å². The van der Waals surface area contributed by atoms with E-state index in [1.807, 2.05) is 0 Å². The van der Waals surface area contributed by atoms with E-state index >= 15 is 0 Å². The van der Waals surface area contributed by atoms with Crippen LogP contribution in [0.3, 0.4) is 0 Å². The van der Waals surface area contributed by atoms with Gasteiger partial charge >= 0.3 is 6.61 Å².